The summed E-state index contributed by atoms with van der Waals surface area (Å²) in [6.45, 7) is 3.21. The lowest BCUT2D eigenvalue weighted by atomic mass is 10.1. The molecule has 2 nitrogen and oxygen atoms in total. The van der Waals surface area contributed by atoms with Crippen LogP contribution in [0.2, 0.25) is 0 Å². The molecule has 2 N–H and O–H groups in total. The summed E-state index contributed by atoms with van der Waals surface area (Å²) in [5, 5.41) is 12.9. The van der Waals surface area contributed by atoms with Crippen LogP contribution in [0.1, 0.15) is 31.4 Å². The van der Waals surface area contributed by atoms with E-state index in [1.165, 1.54) is 12.8 Å². The Labute approximate surface area is 99.7 Å². The zero-order valence-corrected chi connectivity index (χ0v) is 9.84. The number of hydrogen-bond donors (Lipinski definition) is 2. The maximum atomic E-state index is 13.3. The molecule has 1 unspecified atom stereocenters. The lowest BCUT2D eigenvalue weighted by molar-refractivity contribution is 0.167. The Morgan fingerprint density at radius 2 is 2.12 bits per heavy atom. The van der Waals surface area contributed by atoms with Crippen molar-refractivity contribution in [3.63, 3.8) is 0 Å². The molecule has 1 aliphatic rings. The van der Waals surface area contributed by atoms with Gasteiger partial charge in [-0.2, -0.15) is 0 Å². The second-order valence-electron chi connectivity index (χ2n) is 5.12. The van der Waals surface area contributed by atoms with Gasteiger partial charge >= 0.3 is 0 Å². The van der Waals surface area contributed by atoms with Crippen LogP contribution < -0.4 is 5.32 Å². The second kappa shape index (κ2) is 4.70. The van der Waals surface area contributed by atoms with Gasteiger partial charge in [-0.25, -0.2) is 8.78 Å². The van der Waals surface area contributed by atoms with Crippen molar-refractivity contribution in [3.8, 4) is 0 Å². The van der Waals surface area contributed by atoms with Gasteiger partial charge in [-0.15, -0.1) is 0 Å². The molecule has 0 spiro atoms. The summed E-state index contributed by atoms with van der Waals surface area (Å²) >= 11 is 0. The van der Waals surface area contributed by atoms with Crippen molar-refractivity contribution in [2.24, 2.45) is 5.41 Å². The molecule has 0 aliphatic heterocycles. The van der Waals surface area contributed by atoms with Crippen molar-refractivity contribution in [3.05, 3.63) is 35.4 Å². The van der Waals surface area contributed by atoms with Crippen LogP contribution in [-0.4, -0.2) is 18.2 Å². The van der Waals surface area contributed by atoms with Gasteiger partial charge in [0.2, 0.25) is 0 Å². The fraction of sp³-hybridized carbons (Fsp3) is 0.538. The first kappa shape index (κ1) is 12.5. The minimum Gasteiger partial charge on any atom is -0.387 e. The molecule has 4 heteroatoms. The number of hydrogen-bond acceptors (Lipinski definition) is 2. The molecule has 1 aliphatic carbocycles. The molecule has 0 heterocycles. The van der Waals surface area contributed by atoms with E-state index in [-0.39, 0.29) is 12.1 Å². The highest BCUT2D eigenvalue weighted by molar-refractivity contribution is 5.21. The molecule has 2 rings (SSSR count). The van der Waals surface area contributed by atoms with Crippen LogP contribution in [-0.2, 0) is 0 Å². The first-order valence-electron chi connectivity index (χ1n) is 5.84. The predicted octanol–water partition coefficient (Wildman–Crippen LogP) is 2.39. The lowest BCUT2D eigenvalue weighted by Crippen LogP contribution is -2.27. The first-order chi connectivity index (χ1) is 8.00. The molecule has 1 aromatic carbocycles. The van der Waals surface area contributed by atoms with E-state index in [4.69, 9.17) is 0 Å². The van der Waals surface area contributed by atoms with Gasteiger partial charge in [0.05, 0.1) is 6.10 Å². The van der Waals surface area contributed by atoms with Crippen LogP contribution in [0.25, 0.3) is 0 Å². The number of aliphatic hydroxyl groups excluding tert-OH is 1. The third-order valence-corrected chi connectivity index (χ3v) is 3.31. The highest BCUT2D eigenvalue weighted by atomic mass is 19.1. The second-order valence-corrected chi connectivity index (χ2v) is 5.12. The van der Waals surface area contributed by atoms with Gasteiger partial charge in [0.1, 0.15) is 11.6 Å². The van der Waals surface area contributed by atoms with E-state index < -0.39 is 17.7 Å². The summed E-state index contributed by atoms with van der Waals surface area (Å²) in [4.78, 5) is 0. The van der Waals surface area contributed by atoms with Crippen molar-refractivity contribution in [2.45, 2.75) is 25.9 Å². The van der Waals surface area contributed by atoms with E-state index in [0.29, 0.717) is 5.41 Å². The minimum absolute atomic E-state index is 0.0125. The number of rotatable bonds is 5. The fourth-order valence-corrected chi connectivity index (χ4v) is 1.78. The Morgan fingerprint density at radius 1 is 1.41 bits per heavy atom. The van der Waals surface area contributed by atoms with Gasteiger partial charge in [0, 0.05) is 18.7 Å². The maximum absolute atomic E-state index is 13.3. The normalized spacial score (nSPS) is 19.1. The Hall–Kier alpha value is -1.00. The topological polar surface area (TPSA) is 32.3 Å². The smallest absolute Gasteiger partial charge is 0.129 e. The van der Waals surface area contributed by atoms with Crippen LogP contribution in [0.5, 0.6) is 0 Å². The molecule has 0 amide bonds. The molecular weight excluding hydrogens is 224 g/mol. The highest BCUT2D eigenvalue weighted by Gasteiger charge is 2.36. The van der Waals surface area contributed by atoms with Crippen molar-refractivity contribution in [1.29, 1.82) is 0 Å². The summed E-state index contributed by atoms with van der Waals surface area (Å²) in [5.74, 6) is -1.10. The van der Waals surface area contributed by atoms with Gasteiger partial charge in [0.25, 0.3) is 0 Å². The molecule has 1 saturated carbocycles. The zero-order chi connectivity index (χ0) is 12.5. The molecule has 1 fully saturated rings. The zero-order valence-electron chi connectivity index (χ0n) is 9.84. The summed E-state index contributed by atoms with van der Waals surface area (Å²) < 4.78 is 26.3. The van der Waals surface area contributed by atoms with Gasteiger partial charge in [-0.05, 0) is 36.5 Å². The van der Waals surface area contributed by atoms with Gasteiger partial charge in [0.15, 0.2) is 0 Å². The molecule has 1 aromatic rings. The predicted molar refractivity (Wildman–Crippen MR) is 61.5 cm³/mol. The van der Waals surface area contributed by atoms with Crippen LogP contribution in [0.15, 0.2) is 18.2 Å². The minimum atomic E-state index is -1.01. The van der Waals surface area contributed by atoms with Crippen molar-refractivity contribution < 1.29 is 13.9 Å². The van der Waals surface area contributed by atoms with E-state index in [1.807, 2.05) is 0 Å². The van der Waals surface area contributed by atoms with E-state index in [1.54, 1.807) is 0 Å². The Balaban J connectivity index is 1.89. The van der Waals surface area contributed by atoms with Gasteiger partial charge in [-0.1, -0.05) is 6.92 Å². The summed E-state index contributed by atoms with van der Waals surface area (Å²) in [6, 6.07) is 3.13. The van der Waals surface area contributed by atoms with Crippen LogP contribution in [0.4, 0.5) is 8.78 Å². The summed E-state index contributed by atoms with van der Waals surface area (Å²) in [7, 11) is 0. The molecular formula is C13H17F2NO. The van der Waals surface area contributed by atoms with E-state index >= 15 is 0 Å². The van der Waals surface area contributed by atoms with E-state index in [2.05, 4.69) is 12.2 Å². The van der Waals surface area contributed by atoms with Crippen molar-refractivity contribution in [2.75, 3.05) is 13.1 Å². The number of benzene rings is 1. The molecule has 17 heavy (non-hydrogen) atoms. The molecule has 0 bridgehead atoms. The fourth-order valence-electron chi connectivity index (χ4n) is 1.78. The SMILES string of the molecule is CC1(CNCC(O)c2cc(F)ccc2F)CC1. The third-order valence-electron chi connectivity index (χ3n) is 3.31. The molecule has 1 atom stereocenters. The van der Waals surface area contributed by atoms with Crippen molar-refractivity contribution >= 4 is 0 Å². The number of halogens is 2. The molecule has 94 valence electrons. The number of nitrogens with one attached hydrogen (secondary N) is 1. The standard InChI is InChI=1S/C13H17F2NO/c1-13(4-5-13)8-16-7-12(17)10-6-9(14)2-3-11(10)15/h2-3,6,12,16-17H,4-5,7-8H2,1H3. The monoisotopic (exact) mass is 241 g/mol. The highest BCUT2D eigenvalue weighted by Crippen LogP contribution is 2.44. The Bertz CT molecular complexity index is 404. The first-order valence-corrected chi connectivity index (χ1v) is 5.84. The Kier molecular flexibility index (Phi) is 3.45. The van der Waals surface area contributed by atoms with Gasteiger partial charge in [-0.3, -0.25) is 0 Å². The summed E-state index contributed by atoms with van der Waals surface area (Å²) in [6.07, 6.45) is 1.36. The van der Waals surface area contributed by atoms with Crippen LogP contribution in [0, 0.1) is 17.0 Å². The molecule has 0 aromatic heterocycles. The number of aliphatic hydroxyl groups is 1. The van der Waals surface area contributed by atoms with Crippen LogP contribution in [0.3, 0.4) is 0 Å². The quantitative estimate of drug-likeness (QED) is 0.829. The molecule has 0 radical (unpaired) electrons. The van der Waals surface area contributed by atoms with Crippen LogP contribution >= 0.6 is 0 Å². The largest absolute Gasteiger partial charge is 0.387 e. The Morgan fingerprint density at radius 3 is 2.76 bits per heavy atom. The summed E-state index contributed by atoms with van der Waals surface area (Å²) in [5.41, 5.74) is 0.346. The lowest BCUT2D eigenvalue weighted by Gasteiger charge is -2.15. The molecule has 0 saturated heterocycles. The van der Waals surface area contributed by atoms with Gasteiger partial charge < -0.3 is 10.4 Å². The third kappa shape index (κ3) is 3.23. The van der Waals surface area contributed by atoms with E-state index in [9.17, 15) is 13.9 Å². The van der Waals surface area contributed by atoms with E-state index in [0.717, 1.165) is 24.7 Å². The average Bonchev–Trinajstić information content (AvgIpc) is 3.00. The average molecular weight is 241 g/mol. The maximum Gasteiger partial charge on any atom is 0.129 e. The van der Waals surface area contributed by atoms with Crippen molar-refractivity contribution in [1.82, 2.24) is 5.32 Å².